The lowest BCUT2D eigenvalue weighted by molar-refractivity contribution is -0.137. The third kappa shape index (κ3) is 7.81. The largest absolute Gasteiger partial charge is 0.390 e. The Morgan fingerprint density at radius 2 is 2.10 bits per heavy atom. The van der Waals surface area contributed by atoms with Gasteiger partial charge in [0.05, 0.1) is 12.1 Å². The molecule has 0 aromatic carbocycles. The maximum Gasteiger partial charge on any atom is 0.390 e. The number of rotatable bonds is 8. The van der Waals surface area contributed by atoms with E-state index in [0.717, 1.165) is 23.8 Å². The van der Waals surface area contributed by atoms with Crippen molar-refractivity contribution in [3.63, 3.8) is 0 Å². The molecule has 0 atom stereocenters. The summed E-state index contributed by atoms with van der Waals surface area (Å²) in [4.78, 5) is 6.07. The predicted octanol–water partition coefficient (Wildman–Crippen LogP) is 3.27. The van der Waals surface area contributed by atoms with Gasteiger partial charge in [-0.2, -0.15) is 13.2 Å². The number of thiazole rings is 1. The minimum Gasteiger partial charge on any atom is -0.310 e. The van der Waals surface area contributed by atoms with Crippen LogP contribution in [0.3, 0.4) is 0 Å². The molecule has 0 amide bonds. The van der Waals surface area contributed by atoms with Crippen LogP contribution < -0.4 is 5.32 Å². The molecule has 1 N–H and O–H groups in total. The second-order valence-electron chi connectivity index (χ2n) is 5.36. The quantitative estimate of drug-likeness (QED) is 0.799. The maximum atomic E-state index is 12.1. The standard InChI is InChI=1S/C13H22F3N3S/c1-10(2)6-17-7-12-18-11(9-20-12)8-19(3)5-4-13(14,15)16/h9-10,17H,4-8H2,1-3H3. The highest BCUT2D eigenvalue weighted by atomic mass is 32.1. The number of hydrogen-bond acceptors (Lipinski definition) is 4. The maximum absolute atomic E-state index is 12.1. The van der Waals surface area contributed by atoms with Crippen LogP contribution in [0.4, 0.5) is 13.2 Å². The Bertz CT molecular complexity index is 390. The van der Waals surface area contributed by atoms with E-state index in [1.807, 2.05) is 5.38 Å². The van der Waals surface area contributed by atoms with Crippen molar-refractivity contribution in [2.75, 3.05) is 20.1 Å². The number of halogens is 3. The molecule has 0 fully saturated rings. The van der Waals surface area contributed by atoms with Crippen LogP contribution in [-0.2, 0) is 13.1 Å². The third-order valence-corrected chi connectivity index (χ3v) is 3.53. The molecule has 1 aromatic rings. The molecular weight excluding hydrogens is 287 g/mol. The molecule has 0 aliphatic rings. The molecule has 7 heteroatoms. The van der Waals surface area contributed by atoms with Gasteiger partial charge in [0.2, 0.25) is 0 Å². The Labute approximate surface area is 122 Å². The van der Waals surface area contributed by atoms with Gasteiger partial charge in [0.25, 0.3) is 0 Å². The molecule has 3 nitrogen and oxygen atoms in total. The summed E-state index contributed by atoms with van der Waals surface area (Å²) in [5.74, 6) is 0.586. The summed E-state index contributed by atoms with van der Waals surface area (Å²) >= 11 is 1.54. The molecule has 0 radical (unpaired) electrons. The van der Waals surface area contributed by atoms with E-state index >= 15 is 0 Å². The highest BCUT2D eigenvalue weighted by Crippen LogP contribution is 2.20. The molecule has 1 aromatic heterocycles. The van der Waals surface area contributed by atoms with E-state index in [1.165, 1.54) is 0 Å². The molecule has 0 spiro atoms. The second kappa shape index (κ2) is 7.95. The van der Waals surface area contributed by atoms with Gasteiger partial charge in [-0.15, -0.1) is 11.3 Å². The highest BCUT2D eigenvalue weighted by molar-refractivity contribution is 7.09. The molecule has 0 bridgehead atoms. The average Bonchev–Trinajstić information content (AvgIpc) is 2.73. The van der Waals surface area contributed by atoms with E-state index in [1.54, 1.807) is 23.3 Å². The van der Waals surface area contributed by atoms with Gasteiger partial charge in [0.1, 0.15) is 5.01 Å². The summed E-state index contributed by atoms with van der Waals surface area (Å²) in [6, 6.07) is 0. The summed E-state index contributed by atoms with van der Waals surface area (Å²) in [7, 11) is 1.68. The van der Waals surface area contributed by atoms with E-state index < -0.39 is 12.6 Å². The summed E-state index contributed by atoms with van der Waals surface area (Å²) < 4.78 is 36.3. The van der Waals surface area contributed by atoms with Crippen molar-refractivity contribution >= 4 is 11.3 Å². The molecule has 116 valence electrons. The van der Waals surface area contributed by atoms with Gasteiger partial charge in [-0.1, -0.05) is 13.8 Å². The molecular formula is C13H22F3N3S. The first-order valence-corrected chi connectivity index (χ1v) is 7.53. The van der Waals surface area contributed by atoms with Gasteiger partial charge < -0.3 is 10.2 Å². The van der Waals surface area contributed by atoms with Gasteiger partial charge >= 0.3 is 6.18 Å². The SMILES string of the molecule is CC(C)CNCc1nc(CN(C)CCC(F)(F)F)cs1. The number of nitrogens with one attached hydrogen (secondary N) is 1. The third-order valence-electron chi connectivity index (χ3n) is 2.64. The summed E-state index contributed by atoms with van der Waals surface area (Å²) in [5.41, 5.74) is 0.834. The minimum atomic E-state index is -4.09. The molecule has 20 heavy (non-hydrogen) atoms. The average molecular weight is 309 g/mol. The molecule has 0 saturated carbocycles. The van der Waals surface area contributed by atoms with E-state index in [9.17, 15) is 13.2 Å². The molecule has 0 saturated heterocycles. The predicted molar refractivity (Wildman–Crippen MR) is 75.7 cm³/mol. The second-order valence-corrected chi connectivity index (χ2v) is 6.30. The van der Waals surface area contributed by atoms with Crippen molar-refractivity contribution < 1.29 is 13.2 Å². The van der Waals surface area contributed by atoms with E-state index in [0.29, 0.717) is 12.5 Å². The van der Waals surface area contributed by atoms with Crippen molar-refractivity contribution in [3.8, 4) is 0 Å². The molecule has 0 aliphatic heterocycles. The lowest BCUT2D eigenvalue weighted by Crippen LogP contribution is -2.24. The number of aromatic nitrogens is 1. The molecule has 1 heterocycles. The van der Waals surface area contributed by atoms with Crippen LogP contribution in [0, 0.1) is 5.92 Å². The minimum absolute atomic E-state index is 0.00194. The Kier molecular flexibility index (Phi) is 6.91. The van der Waals surface area contributed by atoms with Crippen LogP contribution in [0.25, 0.3) is 0 Å². The first kappa shape index (κ1) is 17.4. The lowest BCUT2D eigenvalue weighted by atomic mass is 10.2. The zero-order valence-electron chi connectivity index (χ0n) is 12.1. The van der Waals surface area contributed by atoms with E-state index in [4.69, 9.17) is 0 Å². The van der Waals surface area contributed by atoms with Crippen LogP contribution in [0.5, 0.6) is 0 Å². The Balaban J connectivity index is 2.32. The fourth-order valence-corrected chi connectivity index (χ4v) is 2.40. The number of nitrogens with zero attached hydrogens (tertiary/aromatic N) is 2. The van der Waals surface area contributed by atoms with Crippen LogP contribution >= 0.6 is 11.3 Å². The summed E-state index contributed by atoms with van der Waals surface area (Å²) in [5, 5.41) is 6.19. The Hall–Kier alpha value is -0.660. The van der Waals surface area contributed by atoms with Crippen LogP contribution in [0.2, 0.25) is 0 Å². The summed E-state index contributed by atoms with van der Waals surface area (Å²) in [6.45, 7) is 6.38. The normalized spacial score (nSPS) is 12.6. The Morgan fingerprint density at radius 3 is 2.70 bits per heavy atom. The van der Waals surface area contributed by atoms with Crippen LogP contribution in [0.1, 0.15) is 31.0 Å². The number of hydrogen-bond donors (Lipinski definition) is 1. The van der Waals surface area contributed by atoms with Crippen molar-refractivity contribution in [1.29, 1.82) is 0 Å². The fraction of sp³-hybridized carbons (Fsp3) is 0.769. The van der Waals surface area contributed by atoms with Crippen molar-refractivity contribution in [2.45, 2.75) is 39.5 Å². The molecule has 0 unspecified atom stereocenters. The van der Waals surface area contributed by atoms with E-state index in [2.05, 4.69) is 24.1 Å². The van der Waals surface area contributed by atoms with Crippen molar-refractivity contribution in [2.24, 2.45) is 5.92 Å². The Morgan fingerprint density at radius 1 is 1.40 bits per heavy atom. The molecule has 1 rings (SSSR count). The van der Waals surface area contributed by atoms with Gasteiger partial charge in [0, 0.05) is 25.0 Å². The van der Waals surface area contributed by atoms with Crippen LogP contribution in [-0.4, -0.2) is 36.2 Å². The first-order valence-electron chi connectivity index (χ1n) is 6.65. The zero-order valence-corrected chi connectivity index (χ0v) is 12.9. The van der Waals surface area contributed by atoms with Gasteiger partial charge in [-0.05, 0) is 19.5 Å². The van der Waals surface area contributed by atoms with E-state index in [-0.39, 0.29) is 6.54 Å². The smallest absolute Gasteiger partial charge is 0.310 e. The fourth-order valence-electron chi connectivity index (χ4n) is 1.64. The lowest BCUT2D eigenvalue weighted by Gasteiger charge is -2.16. The summed E-state index contributed by atoms with van der Waals surface area (Å²) in [6.07, 6.45) is -4.88. The number of alkyl halides is 3. The molecule has 0 aliphatic carbocycles. The van der Waals surface area contributed by atoms with Crippen molar-refractivity contribution in [3.05, 3.63) is 16.1 Å². The van der Waals surface area contributed by atoms with Gasteiger partial charge in [-0.25, -0.2) is 4.98 Å². The van der Waals surface area contributed by atoms with Gasteiger partial charge in [-0.3, -0.25) is 0 Å². The van der Waals surface area contributed by atoms with Crippen molar-refractivity contribution in [1.82, 2.24) is 15.2 Å². The van der Waals surface area contributed by atoms with Gasteiger partial charge in [0.15, 0.2) is 0 Å². The zero-order chi connectivity index (χ0) is 15.2. The first-order chi connectivity index (χ1) is 9.26. The van der Waals surface area contributed by atoms with Crippen LogP contribution in [0.15, 0.2) is 5.38 Å². The monoisotopic (exact) mass is 309 g/mol. The topological polar surface area (TPSA) is 28.2 Å². The highest BCUT2D eigenvalue weighted by Gasteiger charge is 2.27.